The Morgan fingerprint density at radius 1 is 1.18 bits per heavy atom. The van der Waals surface area contributed by atoms with E-state index in [1.807, 2.05) is 0 Å². The third-order valence-electron chi connectivity index (χ3n) is 6.38. The lowest BCUT2D eigenvalue weighted by molar-refractivity contribution is 0.0457. The van der Waals surface area contributed by atoms with Gasteiger partial charge in [0, 0.05) is 5.92 Å². The normalized spacial score (nSPS) is 17.1. The predicted molar refractivity (Wildman–Crippen MR) is 129 cm³/mol. The zero-order valence-electron chi connectivity index (χ0n) is 19.8. The van der Waals surface area contributed by atoms with Crippen LogP contribution in [0.2, 0.25) is 5.02 Å². The molecule has 1 aliphatic rings. The van der Waals surface area contributed by atoms with Crippen molar-refractivity contribution in [3.63, 3.8) is 0 Å². The molecule has 0 radical (unpaired) electrons. The second kappa shape index (κ2) is 10.8. The maximum Gasteiger partial charge on any atom is 0.352 e. The number of rotatable bonds is 6. The lowest BCUT2D eigenvalue weighted by Crippen LogP contribution is -2.45. The fourth-order valence-electron chi connectivity index (χ4n) is 4.00. The van der Waals surface area contributed by atoms with E-state index in [-0.39, 0.29) is 28.7 Å². The molecule has 2 atom stereocenters. The lowest BCUT2D eigenvalue weighted by atomic mass is 9.89. The molecule has 186 valence electrons. The minimum atomic E-state index is -0.994. The zero-order valence-corrected chi connectivity index (χ0v) is 20.6. The van der Waals surface area contributed by atoms with Crippen LogP contribution in [0.1, 0.15) is 69.7 Å². The van der Waals surface area contributed by atoms with E-state index in [4.69, 9.17) is 11.6 Å². The second-order valence-electron chi connectivity index (χ2n) is 10.0. The molecule has 2 aromatic rings. The van der Waals surface area contributed by atoms with Gasteiger partial charge in [-0.2, -0.15) is 9.78 Å². The smallest absolute Gasteiger partial charge is 0.352 e. The minimum Gasteiger partial charge on any atom is -0.391 e. The van der Waals surface area contributed by atoms with Crippen LogP contribution in [-0.4, -0.2) is 42.8 Å². The van der Waals surface area contributed by atoms with Crippen molar-refractivity contribution in [3.8, 4) is 5.69 Å². The summed E-state index contributed by atoms with van der Waals surface area (Å²) in [7, 11) is 0. The van der Waals surface area contributed by atoms with Gasteiger partial charge < -0.3 is 15.5 Å². The number of aliphatic hydroxyl groups excluding tert-OH is 2. The molecule has 3 N–H and O–H groups in total. The number of halogens is 1. The predicted octanol–water partition coefficient (Wildman–Crippen LogP) is 2.47. The highest BCUT2D eigenvalue weighted by atomic mass is 35.5. The standard InChI is InChI=1S/C24H33ClN4O5/c1-24(2,3)19(30)14-28-20(31)13-26-29(23(28)34)16-10-11-18(25)17(12-16)22(33)27-21(32)15-8-6-4-5-7-9-15/h10-13,15,19,21,30,32H,4-9,14H2,1-3H3,(H,27,33). The number of carbonyl (C=O) groups is 1. The number of nitrogens with one attached hydrogen (secondary N) is 1. The van der Waals surface area contributed by atoms with E-state index >= 15 is 0 Å². The Morgan fingerprint density at radius 3 is 2.44 bits per heavy atom. The summed E-state index contributed by atoms with van der Waals surface area (Å²) in [6, 6.07) is 4.35. The van der Waals surface area contributed by atoms with Crippen molar-refractivity contribution in [2.75, 3.05) is 0 Å². The third kappa shape index (κ3) is 6.14. The maximum absolute atomic E-state index is 13.0. The summed E-state index contributed by atoms with van der Waals surface area (Å²) in [6.07, 6.45) is 5.03. The van der Waals surface area contributed by atoms with E-state index < -0.39 is 34.9 Å². The number of hydrogen-bond acceptors (Lipinski definition) is 6. The number of carbonyl (C=O) groups excluding carboxylic acids is 1. The fraction of sp³-hybridized carbons (Fsp3) is 0.583. The van der Waals surface area contributed by atoms with E-state index in [9.17, 15) is 24.6 Å². The van der Waals surface area contributed by atoms with Crippen molar-refractivity contribution in [1.82, 2.24) is 19.7 Å². The van der Waals surface area contributed by atoms with Crippen LogP contribution in [0.3, 0.4) is 0 Å². The van der Waals surface area contributed by atoms with E-state index in [1.54, 1.807) is 20.8 Å². The number of nitrogens with zero attached hydrogens (tertiary/aromatic N) is 3. The van der Waals surface area contributed by atoms with Crippen molar-refractivity contribution >= 4 is 17.5 Å². The second-order valence-corrected chi connectivity index (χ2v) is 10.4. The van der Waals surface area contributed by atoms with Gasteiger partial charge >= 0.3 is 5.69 Å². The zero-order chi connectivity index (χ0) is 25.0. The number of aliphatic hydroxyl groups is 2. The summed E-state index contributed by atoms with van der Waals surface area (Å²) in [5.74, 6) is -0.580. The number of benzene rings is 1. The average molecular weight is 493 g/mol. The van der Waals surface area contributed by atoms with Gasteiger partial charge in [0.15, 0.2) is 0 Å². The Morgan fingerprint density at radius 2 is 1.82 bits per heavy atom. The molecule has 0 spiro atoms. The summed E-state index contributed by atoms with van der Waals surface area (Å²) in [5.41, 5.74) is -1.62. The van der Waals surface area contributed by atoms with Crippen molar-refractivity contribution < 1.29 is 15.0 Å². The molecule has 1 saturated carbocycles. The van der Waals surface area contributed by atoms with Gasteiger partial charge in [-0.3, -0.25) is 14.2 Å². The van der Waals surface area contributed by atoms with Crippen LogP contribution < -0.4 is 16.6 Å². The van der Waals surface area contributed by atoms with Crippen molar-refractivity contribution in [2.24, 2.45) is 11.3 Å². The molecule has 1 aromatic heterocycles. The van der Waals surface area contributed by atoms with Crippen LogP contribution in [0, 0.1) is 11.3 Å². The molecule has 1 amide bonds. The van der Waals surface area contributed by atoms with Crippen LogP contribution in [0.25, 0.3) is 5.69 Å². The fourth-order valence-corrected chi connectivity index (χ4v) is 4.21. The number of amides is 1. The Kier molecular flexibility index (Phi) is 8.33. The molecule has 1 aromatic carbocycles. The summed E-state index contributed by atoms with van der Waals surface area (Å²) in [5, 5.41) is 27.7. The van der Waals surface area contributed by atoms with Crippen molar-refractivity contribution in [2.45, 2.75) is 78.2 Å². The highest BCUT2D eigenvalue weighted by Crippen LogP contribution is 2.26. The van der Waals surface area contributed by atoms with E-state index in [0.29, 0.717) is 0 Å². The topological polar surface area (TPSA) is 126 Å². The molecule has 10 heteroatoms. The summed E-state index contributed by atoms with van der Waals surface area (Å²) in [4.78, 5) is 38.2. The molecule has 3 rings (SSSR count). The highest BCUT2D eigenvalue weighted by Gasteiger charge is 2.26. The first-order chi connectivity index (χ1) is 16.0. The first-order valence-electron chi connectivity index (χ1n) is 11.6. The van der Waals surface area contributed by atoms with Gasteiger partial charge in [-0.15, -0.1) is 0 Å². The molecule has 1 fully saturated rings. The third-order valence-corrected chi connectivity index (χ3v) is 6.71. The SMILES string of the molecule is CC(C)(C)C(O)Cn1c(=O)cnn(-c2ccc(Cl)c(C(=O)NC(O)C3CCCCCC3)c2)c1=O. The maximum atomic E-state index is 13.0. The average Bonchev–Trinajstić information content (AvgIpc) is 3.06. The van der Waals surface area contributed by atoms with E-state index in [2.05, 4.69) is 10.4 Å². The van der Waals surface area contributed by atoms with E-state index in [0.717, 1.165) is 54.0 Å². The van der Waals surface area contributed by atoms with Crippen LogP contribution in [-0.2, 0) is 6.54 Å². The van der Waals surface area contributed by atoms with Gasteiger partial charge in [-0.05, 0) is 36.5 Å². The molecule has 2 unspecified atom stereocenters. The first kappa shape index (κ1) is 26.1. The molecule has 1 heterocycles. The Labute approximate surface area is 203 Å². The Balaban J connectivity index is 1.88. The quantitative estimate of drug-likeness (QED) is 0.420. The molecule has 9 nitrogen and oxygen atoms in total. The largest absolute Gasteiger partial charge is 0.391 e. The lowest BCUT2D eigenvalue weighted by Gasteiger charge is -2.26. The number of aromatic nitrogens is 3. The van der Waals surface area contributed by atoms with Crippen LogP contribution in [0.5, 0.6) is 0 Å². The van der Waals surface area contributed by atoms with Gasteiger partial charge in [0.05, 0.1) is 28.9 Å². The summed E-state index contributed by atoms with van der Waals surface area (Å²) >= 11 is 6.25. The first-order valence-corrected chi connectivity index (χ1v) is 12.0. The van der Waals surface area contributed by atoms with Gasteiger partial charge in [0.1, 0.15) is 12.4 Å². The summed E-state index contributed by atoms with van der Waals surface area (Å²) in [6.45, 7) is 5.21. The van der Waals surface area contributed by atoms with Crippen LogP contribution in [0.15, 0.2) is 34.0 Å². The molecule has 1 aliphatic carbocycles. The molecular weight excluding hydrogens is 460 g/mol. The van der Waals surface area contributed by atoms with Crippen LogP contribution in [0.4, 0.5) is 0 Å². The Bertz CT molecular complexity index is 1130. The van der Waals surface area contributed by atoms with Gasteiger partial charge in [-0.1, -0.05) is 58.1 Å². The Hall–Kier alpha value is -2.49. The van der Waals surface area contributed by atoms with Crippen molar-refractivity contribution in [1.29, 1.82) is 0 Å². The van der Waals surface area contributed by atoms with Gasteiger partial charge in [-0.25, -0.2) is 4.79 Å². The molecule has 0 aliphatic heterocycles. The highest BCUT2D eigenvalue weighted by molar-refractivity contribution is 6.33. The van der Waals surface area contributed by atoms with Gasteiger partial charge in [0.2, 0.25) is 0 Å². The number of hydrogen-bond donors (Lipinski definition) is 3. The molecule has 0 bridgehead atoms. The van der Waals surface area contributed by atoms with E-state index in [1.165, 1.54) is 18.2 Å². The monoisotopic (exact) mass is 492 g/mol. The van der Waals surface area contributed by atoms with Crippen LogP contribution >= 0.6 is 11.6 Å². The van der Waals surface area contributed by atoms with Gasteiger partial charge in [0.25, 0.3) is 11.5 Å². The van der Waals surface area contributed by atoms with Crippen molar-refractivity contribution in [3.05, 3.63) is 55.8 Å². The molecular formula is C24H33ClN4O5. The molecule has 0 saturated heterocycles. The summed E-state index contributed by atoms with van der Waals surface area (Å²) < 4.78 is 1.89. The minimum absolute atomic E-state index is 0.0181. The molecule has 34 heavy (non-hydrogen) atoms.